The van der Waals surface area contributed by atoms with Gasteiger partial charge in [-0.2, -0.15) is 10.2 Å². The number of rotatable bonds is 3. The second-order valence-corrected chi connectivity index (χ2v) is 10.1. The number of carbonyl (C=O) groups is 1. The SMILES string of the molecule is CNC(=O)N1CCn2c(C3CCN(C)CC3)nc(-c3ccc4c(c3)c(-c3cnn(C)c3)nn4C)c2C1. The van der Waals surface area contributed by atoms with Crippen LogP contribution in [0.4, 0.5) is 4.79 Å². The van der Waals surface area contributed by atoms with E-state index in [1.165, 1.54) is 5.82 Å². The lowest BCUT2D eigenvalue weighted by atomic mass is 9.96. The van der Waals surface area contributed by atoms with Gasteiger partial charge in [0.1, 0.15) is 11.5 Å². The van der Waals surface area contributed by atoms with Crippen LogP contribution >= 0.6 is 0 Å². The number of imidazole rings is 1. The van der Waals surface area contributed by atoms with Crippen molar-refractivity contribution in [2.75, 3.05) is 33.7 Å². The molecule has 0 bridgehead atoms. The van der Waals surface area contributed by atoms with Gasteiger partial charge in [-0.15, -0.1) is 0 Å². The number of hydrogen-bond acceptors (Lipinski definition) is 5. The molecule has 2 aliphatic heterocycles. The third-order valence-corrected chi connectivity index (χ3v) is 7.72. The lowest BCUT2D eigenvalue weighted by Gasteiger charge is -2.32. The minimum absolute atomic E-state index is 0.0455. The fraction of sp³-hybridized carbons (Fsp3) is 0.462. The van der Waals surface area contributed by atoms with Crippen LogP contribution in [0.5, 0.6) is 0 Å². The Morgan fingerprint density at radius 3 is 2.56 bits per heavy atom. The molecule has 10 heteroatoms. The van der Waals surface area contributed by atoms with E-state index in [2.05, 4.69) is 45.1 Å². The molecule has 0 spiro atoms. The Morgan fingerprint density at radius 2 is 1.83 bits per heavy atom. The Kier molecular flexibility index (Phi) is 5.55. The molecule has 0 aliphatic carbocycles. The normalized spacial score (nSPS) is 17.1. The number of amides is 2. The third kappa shape index (κ3) is 3.76. The summed E-state index contributed by atoms with van der Waals surface area (Å²) < 4.78 is 6.11. The van der Waals surface area contributed by atoms with Crippen LogP contribution in [0.2, 0.25) is 0 Å². The van der Waals surface area contributed by atoms with E-state index >= 15 is 0 Å². The highest BCUT2D eigenvalue weighted by Gasteiger charge is 2.31. The number of carbonyl (C=O) groups excluding carboxylic acids is 1. The van der Waals surface area contributed by atoms with Crippen molar-refractivity contribution in [3.8, 4) is 22.5 Å². The zero-order chi connectivity index (χ0) is 25.0. The smallest absolute Gasteiger partial charge is 0.317 e. The summed E-state index contributed by atoms with van der Waals surface area (Å²) in [5.41, 5.74) is 6.11. The van der Waals surface area contributed by atoms with Crippen LogP contribution in [0, 0.1) is 0 Å². The molecule has 3 aromatic heterocycles. The molecular formula is C26H33N9O. The monoisotopic (exact) mass is 487 g/mol. The second-order valence-electron chi connectivity index (χ2n) is 10.1. The van der Waals surface area contributed by atoms with Crippen molar-refractivity contribution < 1.29 is 4.79 Å². The molecule has 1 fully saturated rings. The van der Waals surface area contributed by atoms with Gasteiger partial charge >= 0.3 is 6.03 Å². The van der Waals surface area contributed by atoms with E-state index < -0.39 is 0 Å². The standard InChI is InChI=1S/C26H33N9O/c1-27-26(36)34-11-12-35-22(16-34)24(29-25(35)17-7-9-31(2)10-8-17)18-5-6-21-20(13-18)23(30-33(21)4)19-14-28-32(3)15-19/h5-6,13-15,17H,7-12,16H2,1-4H3,(H,27,36). The van der Waals surface area contributed by atoms with E-state index in [9.17, 15) is 4.79 Å². The molecule has 0 atom stereocenters. The van der Waals surface area contributed by atoms with Gasteiger partial charge in [0.25, 0.3) is 0 Å². The first kappa shape index (κ1) is 22.8. The van der Waals surface area contributed by atoms with E-state index in [0.717, 1.165) is 71.6 Å². The number of benzene rings is 1. The highest BCUT2D eigenvalue weighted by molar-refractivity contribution is 5.95. The minimum atomic E-state index is -0.0455. The Hall–Kier alpha value is -3.66. The van der Waals surface area contributed by atoms with E-state index in [4.69, 9.17) is 10.1 Å². The molecule has 0 saturated carbocycles. The molecule has 2 aliphatic rings. The highest BCUT2D eigenvalue weighted by Crippen LogP contribution is 2.37. The topological polar surface area (TPSA) is 89.0 Å². The molecule has 2 amide bonds. The second kappa shape index (κ2) is 8.77. The maximum absolute atomic E-state index is 12.5. The van der Waals surface area contributed by atoms with Crippen LogP contribution < -0.4 is 5.32 Å². The summed E-state index contributed by atoms with van der Waals surface area (Å²) in [6.45, 7) is 4.18. The van der Waals surface area contributed by atoms with Crippen molar-refractivity contribution in [2.45, 2.75) is 31.8 Å². The van der Waals surface area contributed by atoms with Gasteiger partial charge in [0.2, 0.25) is 0 Å². The van der Waals surface area contributed by atoms with Gasteiger partial charge in [-0.25, -0.2) is 9.78 Å². The van der Waals surface area contributed by atoms with Crippen LogP contribution in [0.25, 0.3) is 33.4 Å². The lowest BCUT2D eigenvalue weighted by Crippen LogP contribution is -2.43. The Bertz CT molecular complexity index is 1440. The molecule has 10 nitrogen and oxygen atoms in total. The van der Waals surface area contributed by atoms with E-state index in [1.54, 1.807) is 11.7 Å². The largest absolute Gasteiger partial charge is 0.341 e. The van der Waals surface area contributed by atoms with Crippen molar-refractivity contribution in [2.24, 2.45) is 14.1 Å². The number of aryl methyl sites for hydroxylation is 2. The molecule has 36 heavy (non-hydrogen) atoms. The predicted octanol–water partition coefficient (Wildman–Crippen LogP) is 2.80. The summed E-state index contributed by atoms with van der Waals surface area (Å²) in [6, 6.07) is 6.41. The molecule has 5 heterocycles. The van der Waals surface area contributed by atoms with Crippen molar-refractivity contribution >= 4 is 16.9 Å². The average molecular weight is 488 g/mol. The van der Waals surface area contributed by atoms with Crippen LogP contribution in [0.1, 0.15) is 30.3 Å². The number of piperidine rings is 1. The number of aromatic nitrogens is 6. The Labute approximate surface area is 210 Å². The van der Waals surface area contributed by atoms with E-state index in [-0.39, 0.29) is 6.03 Å². The quantitative estimate of drug-likeness (QED) is 0.480. The van der Waals surface area contributed by atoms with Gasteiger partial charge in [-0.05, 0) is 45.1 Å². The van der Waals surface area contributed by atoms with Crippen molar-refractivity contribution in [3.05, 3.63) is 42.1 Å². The van der Waals surface area contributed by atoms with Gasteiger partial charge in [0.05, 0.1) is 29.6 Å². The molecular weight excluding hydrogens is 454 g/mol. The van der Waals surface area contributed by atoms with Crippen LogP contribution in [0.3, 0.4) is 0 Å². The van der Waals surface area contributed by atoms with Crippen LogP contribution in [-0.4, -0.2) is 78.7 Å². The zero-order valence-electron chi connectivity index (χ0n) is 21.4. The molecule has 4 aromatic rings. The number of hydrogen-bond donors (Lipinski definition) is 1. The minimum Gasteiger partial charge on any atom is -0.341 e. The van der Waals surface area contributed by atoms with Crippen LogP contribution in [-0.2, 0) is 27.2 Å². The van der Waals surface area contributed by atoms with Gasteiger partial charge in [-0.3, -0.25) is 9.36 Å². The maximum Gasteiger partial charge on any atom is 0.317 e. The van der Waals surface area contributed by atoms with Crippen molar-refractivity contribution in [1.82, 2.24) is 44.2 Å². The number of nitrogens with one attached hydrogen (secondary N) is 1. The molecule has 188 valence electrons. The Morgan fingerprint density at radius 1 is 1.03 bits per heavy atom. The summed E-state index contributed by atoms with van der Waals surface area (Å²) in [5, 5.41) is 13.0. The van der Waals surface area contributed by atoms with Gasteiger partial charge in [-0.1, -0.05) is 6.07 Å². The number of likely N-dealkylation sites (tertiary alicyclic amines) is 1. The zero-order valence-corrected chi connectivity index (χ0v) is 21.4. The first-order valence-electron chi connectivity index (χ1n) is 12.6. The fourth-order valence-corrected chi connectivity index (χ4v) is 5.71. The molecule has 1 aromatic carbocycles. The highest BCUT2D eigenvalue weighted by atomic mass is 16.2. The van der Waals surface area contributed by atoms with Crippen molar-refractivity contribution in [3.63, 3.8) is 0 Å². The summed E-state index contributed by atoms with van der Waals surface area (Å²) >= 11 is 0. The summed E-state index contributed by atoms with van der Waals surface area (Å²) in [7, 11) is 7.77. The average Bonchev–Trinajstić information content (AvgIpc) is 3.58. The first-order chi connectivity index (χ1) is 17.4. The van der Waals surface area contributed by atoms with Gasteiger partial charge in [0, 0.05) is 62.9 Å². The predicted molar refractivity (Wildman–Crippen MR) is 138 cm³/mol. The molecule has 0 radical (unpaired) electrons. The van der Waals surface area contributed by atoms with Gasteiger partial charge < -0.3 is 19.7 Å². The molecule has 1 N–H and O–H groups in total. The molecule has 1 saturated heterocycles. The number of fused-ring (bicyclic) bond motifs is 2. The fourth-order valence-electron chi connectivity index (χ4n) is 5.71. The van der Waals surface area contributed by atoms with Gasteiger partial charge in [0.15, 0.2) is 0 Å². The number of urea groups is 1. The van der Waals surface area contributed by atoms with Crippen molar-refractivity contribution in [1.29, 1.82) is 0 Å². The summed E-state index contributed by atoms with van der Waals surface area (Å²) in [5.74, 6) is 1.61. The molecule has 0 unspecified atom stereocenters. The third-order valence-electron chi connectivity index (χ3n) is 7.72. The van der Waals surface area contributed by atoms with E-state index in [0.29, 0.717) is 19.0 Å². The first-order valence-corrected chi connectivity index (χ1v) is 12.6. The maximum atomic E-state index is 12.5. The summed E-state index contributed by atoms with van der Waals surface area (Å²) in [4.78, 5) is 22.1. The Balaban J connectivity index is 1.48. The van der Waals surface area contributed by atoms with E-state index in [1.807, 2.05) is 36.1 Å². The lowest BCUT2D eigenvalue weighted by molar-refractivity contribution is 0.184. The van der Waals surface area contributed by atoms with Crippen LogP contribution in [0.15, 0.2) is 30.6 Å². The summed E-state index contributed by atoms with van der Waals surface area (Å²) in [6.07, 6.45) is 6.06. The number of nitrogens with zero attached hydrogens (tertiary/aromatic N) is 8. The molecule has 6 rings (SSSR count).